The molecule has 0 aromatic rings. The normalized spacial score (nSPS) is 32.6. The van der Waals surface area contributed by atoms with Crippen LogP contribution in [0.3, 0.4) is 0 Å². The topological polar surface area (TPSA) is 24.1 Å². The van der Waals surface area contributed by atoms with Crippen LogP contribution in [0.15, 0.2) is 0 Å². The molecular formula is C13H26N2. The van der Waals surface area contributed by atoms with Crippen LogP contribution in [0.5, 0.6) is 0 Å². The fourth-order valence-electron chi connectivity index (χ4n) is 2.53. The standard InChI is InChI=1S/C13H26N2/c1-11-3-2-4-12(6-5-11)14-9-10-15-13-7-8-13/h11-15H,2-10H2,1H3. The van der Waals surface area contributed by atoms with Crippen molar-refractivity contribution in [3.63, 3.8) is 0 Å². The van der Waals surface area contributed by atoms with E-state index in [1.54, 1.807) is 0 Å². The fourth-order valence-corrected chi connectivity index (χ4v) is 2.53. The first-order chi connectivity index (χ1) is 7.34. The molecule has 2 atom stereocenters. The Morgan fingerprint density at radius 1 is 0.800 bits per heavy atom. The van der Waals surface area contributed by atoms with Gasteiger partial charge in [-0.05, 0) is 38.0 Å². The van der Waals surface area contributed by atoms with Gasteiger partial charge in [-0.15, -0.1) is 0 Å². The van der Waals surface area contributed by atoms with Gasteiger partial charge in [0.15, 0.2) is 0 Å². The first-order valence-electron chi connectivity index (χ1n) is 6.81. The minimum Gasteiger partial charge on any atom is -0.313 e. The molecule has 2 nitrogen and oxygen atoms in total. The molecule has 2 aliphatic carbocycles. The molecule has 0 saturated heterocycles. The summed E-state index contributed by atoms with van der Waals surface area (Å²) in [6.45, 7) is 4.73. The predicted octanol–water partition coefficient (Wildman–Crippen LogP) is 2.30. The van der Waals surface area contributed by atoms with Crippen LogP contribution >= 0.6 is 0 Å². The highest BCUT2D eigenvalue weighted by Gasteiger charge is 2.20. The SMILES string of the molecule is CC1CCCC(NCCNC2CC2)CC1. The molecule has 0 spiro atoms. The Balaban J connectivity index is 1.52. The molecule has 2 rings (SSSR count). The van der Waals surface area contributed by atoms with Crippen molar-refractivity contribution in [1.29, 1.82) is 0 Å². The van der Waals surface area contributed by atoms with E-state index >= 15 is 0 Å². The van der Waals surface area contributed by atoms with Crippen LogP contribution in [-0.4, -0.2) is 25.2 Å². The van der Waals surface area contributed by atoms with Crippen LogP contribution < -0.4 is 10.6 Å². The van der Waals surface area contributed by atoms with Crippen molar-refractivity contribution in [2.24, 2.45) is 5.92 Å². The lowest BCUT2D eigenvalue weighted by molar-refractivity contribution is 0.443. The van der Waals surface area contributed by atoms with Crippen molar-refractivity contribution in [2.75, 3.05) is 13.1 Å². The molecule has 88 valence electrons. The summed E-state index contributed by atoms with van der Waals surface area (Å²) >= 11 is 0. The van der Waals surface area contributed by atoms with E-state index in [4.69, 9.17) is 0 Å². The highest BCUT2D eigenvalue weighted by Crippen LogP contribution is 2.22. The third-order valence-corrected chi connectivity index (χ3v) is 3.83. The van der Waals surface area contributed by atoms with Crippen LogP contribution in [0.1, 0.15) is 51.9 Å². The van der Waals surface area contributed by atoms with Gasteiger partial charge in [0, 0.05) is 25.2 Å². The van der Waals surface area contributed by atoms with E-state index < -0.39 is 0 Å². The van der Waals surface area contributed by atoms with E-state index in [9.17, 15) is 0 Å². The summed E-state index contributed by atoms with van der Waals surface area (Å²) < 4.78 is 0. The van der Waals surface area contributed by atoms with Crippen molar-refractivity contribution in [2.45, 2.75) is 64.0 Å². The van der Waals surface area contributed by atoms with Crippen LogP contribution in [-0.2, 0) is 0 Å². The van der Waals surface area contributed by atoms with E-state index in [2.05, 4.69) is 17.6 Å². The maximum atomic E-state index is 3.70. The van der Waals surface area contributed by atoms with Gasteiger partial charge in [0.2, 0.25) is 0 Å². The quantitative estimate of drug-likeness (QED) is 0.537. The molecule has 0 bridgehead atoms. The first kappa shape index (κ1) is 11.4. The molecule has 2 saturated carbocycles. The minimum atomic E-state index is 0.802. The fraction of sp³-hybridized carbons (Fsp3) is 1.00. The van der Waals surface area contributed by atoms with Crippen molar-refractivity contribution in [3.05, 3.63) is 0 Å². The molecule has 2 N–H and O–H groups in total. The third kappa shape index (κ3) is 4.52. The highest BCUT2D eigenvalue weighted by molar-refractivity contribution is 4.81. The maximum absolute atomic E-state index is 3.70. The second-order valence-electron chi connectivity index (χ2n) is 5.49. The first-order valence-corrected chi connectivity index (χ1v) is 6.81. The minimum absolute atomic E-state index is 0.802. The van der Waals surface area contributed by atoms with Crippen molar-refractivity contribution in [3.8, 4) is 0 Å². The highest BCUT2D eigenvalue weighted by atomic mass is 15.0. The Morgan fingerprint density at radius 2 is 1.40 bits per heavy atom. The Hall–Kier alpha value is -0.0800. The van der Waals surface area contributed by atoms with Gasteiger partial charge in [0.1, 0.15) is 0 Å². The molecular weight excluding hydrogens is 184 g/mol. The summed E-state index contributed by atoms with van der Waals surface area (Å²) in [7, 11) is 0. The van der Waals surface area contributed by atoms with Crippen molar-refractivity contribution < 1.29 is 0 Å². The van der Waals surface area contributed by atoms with Gasteiger partial charge in [-0.1, -0.05) is 19.8 Å². The number of nitrogens with one attached hydrogen (secondary N) is 2. The third-order valence-electron chi connectivity index (χ3n) is 3.83. The van der Waals surface area contributed by atoms with Gasteiger partial charge in [0.05, 0.1) is 0 Å². The molecule has 0 radical (unpaired) electrons. The number of hydrogen-bond acceptors (Lipinski definition) is 2. The van der Waals surface area contributed by atoms with Gasteiger partial charge in [-0.2, -0.15) is 0 Å². The summed E-state index contributed by atoms with van der Waals surface area (Å²) in [5, 5.41) is 7.26. The summed E-state index contributed by atoms with van der Waals surface area (Å²) in [6, 6.07) is 1.66. The molecule has 0 heterocycles. The zero-order chi connectivity index (χ0) is 10.5. The Labute approximate surface area is 94.2 Å². The number of hydrogen-bond donors (Lipinski definition) is 2. The van der Waals surface area contributed by atoms with Crippen molar-refractivity contribution in [1.82, 2.24) is 10.6 Å². The Morgan fingerprint density at radius 3 is 2.07 bits per heavy atom. The van der Waals surface area contributed by atoms with Crippen LogP contribution in [0, 0.1) is 5.92 Å². The zero-order valence-corrected chi connectivity index (χ0v) is 10.1. The molecule has 2 aliphatic rings. The molecule has 2 heteroatoms. The van der Waals surface area contributed by atoms with Gasteiger partial charge < -0.3 is 10.6 Å². The predicted molar refractivity (Wildman–Crippen MR) is 65.1 cm³/mol. The van der Waals surface area contributed by atoms with Gasteiger partial charge in [0.25, 0.3) is 0 Å². The average Bonchev–Trinajstić information content (AvgIpc) is 3.02. The Kier molecular flexibility index (Phi) is 4.45. The number of rotatable bonds is 5. The van der Waals surface area contributed by atoms with E-state index in [-0.39, 0.29) is 0 Å². The monoisotopic (exact) mass is 210 g/mol. The van der Waals surface area contributed by atoms with Crippen LogP contribution in [0.4, 0.5) is 0 Å². The molecule has 2 unspecified atom stereocenters. The average molecular weight is 210 g/mol. The molecule has 0 amide bonds. The summed E-state index contributed by atoms with van der Waals surface area (Å²) in [5.74, 6) is 0.960. The largest absolute Gasteiger partial charge is 0.313 e. The van der Waals surface area contributed by atoms with E-state index in [1.807, 2.05) is 0 Å². The second-order valence-corrected chi connectivity index (χ2v) is 5.49. The van der Waals surface area contributed by atoms with Crippen LogP contribution in [0.2, 0.25) is 0 Å². The lowest BCUT2D eigenvalue weighted by Crippen LogP contribution is -2.35. The van der Waals surface area contributed by atoms with E-state index in [0.717, 1.165) is 31.1 Å². The van der Waals surface area contributed by atoms with E-state index in [1.165, 1.54) is 44.9 Å². The van der Waals surface area contributed by atoms with Crippen LogP contribution in [0.25, 0.3) is 0 Å². The smallest absolute Gasteiger partial charge is 0.00794 e. The van der Waals surface area contributed by atoms with Crippen molar-refractivity contribution >= 4 is 0 Å². The second kappa shape index (κ2) is 5.86. The molecule has 15 heavy (non-hydrogen) atoms. The van der Waals surface area contributed by atoms with Gasteiger partial charge in [-0.25, -0.2) is 0 Å². The van der Waals surface area contributed by atoms with E-state index in [0.29, 0.717) is 0 Å². The molecule has 2 fully saturated rings. The van der Waals surface area contributed by atoms with Gasteiger partial charge in [-0.3, -0.25) is 0 Å². The molecule has 0 aliphatic heterocycles. The lowest BCUT2D eigenvalue weighted by atomic mass is 10.0. The zero-order valence-electron chi connectivity index (χ0n) is 10.1. The maximum Gasteiger partial charge on any atom is 0.00794 e. The molecule has 0 aromatic carbocycles. The summed E-state index contributed by atoms with van der Waals surface area (Å²) in [4.78, 5) is 0. The Bertz CT molecular complexity index is 177. The summed E-state index contributed by atoms with van der Waals surface area (Å²) in [6.07, 6.45) is 9.89. The summed E-state index contributed by atoms with van der Waals surface area (Å²) in [5.41, 5.74) is 0. The van der Waals surface area contributed by atoms with Gasteiger partial charge >= 0.3 is 0 Å². The lowest BCUT2D eigenvalue weighted by Gasteiger charge is -2.16. The molecule has 0 aromatic heterocycles.